The van der Waals surface area contributed by atoms with Crippen molar-refractivity contribution in [2.45, 2.75) is 12.2 Å². The molecule has 1 amide bonds. The number of anilines is 1. The quantitative estimate of drug-likeness (QED) is 0.279. The van der Waals surface area contributed by atoms with Crippen molar-refractivity contribution in [3.05, 3.63) is 100 Å². The van der Waals surface area contributed by atoms with Crippen LogP contribution in [0.3, 0.4) is 0 Å². The molecule has 1 unspecified atom stereocenters. The third-order valence-corrected chi connectivity index (χ3v) is 5.70. The van der Waals surface area contributed by atoms with Gasteiger partial charge in [0.05, 0.1) is 24.3 Å². The van der Waals surface area contributed by atoms with Crippen LogP contribution in [0, 0.1) is 0 Å². The molecule has 0 aliphatic carbocycles. The van der Waals surface area contributed by atoms with E-state index < -0.39 is 35.2 Å². The van der Waals surface area contributed by atoms with Crippen molar-refractivity contribution in [3.63, 3.8) is 0 Å². The molecule has 1 aliphatic rings. The van der Waals surface area contributed by atoms with E-state index in [9.17, 15) is 27.9 Å². The second kappa shape index (κ2) is 8.87. The van der Waals surface area contributed by atoms with Crippen LogP contribution in [-0.2, 0) is 15.8 Å². The lowest BCUT2D eigenvalue weighted by atomic mass is 9.95. The molecule has 1 atom stereocenters. The molecule has 0 spiro atoms. The van der Waals surface area contributed by atoms with Gasteiger partial charge in [-0.3, -0.25) is 14.5 Å². The molecule has 3 aromatic rings. The maximum absolute atomic E-state index is 13.3. The van der Waals surface area contributed by atoms with Gasteiger partial charge in [-0.1, -0.05) is 29.8 Å². The van der Waals surface area contributed by atoms with Gasteiger partial charge >= 0.3 is 6.18 Å². The van der Waals surface area contributed by atoms with Crippen LogP contribution >= 0.6 is 11.6 Å². The first-order valence-electron chi connectivity index (χ1n) is 10.00. The molecular formula is C25H17ClF3NO4. The molecule has 0 radical (unpaired) electrons. The Labute approximate surface area is 197 Å². The average Bonchev–Trinajstić information content (AvgIpc) is 3.09. The summed E-state index contributed by atoms with van der Waals surface area (Å²) in [6, 6.07) is 15.2. The van der Waals surface area contributed by atoms with Crippen LogP contribution in [0.2, 0.25) is 5.02 Å². The zero-order chi connectivity index (χ0) is 24.6. The summed E-state index contributed by atoms with van der Waals surface area (Å²) in [5.41, 5.74) is -0.740. The Morgan fingerprint density at radius 3 is 2.24 bits per heavy atom. The fraction of sp³-hybridized carbons (Fsp3) is 0.120. The Bertz CT molecular complexity index is 1280. The Morgan fingerprint density at radius 2 is 1.65 bits per heavy atom. The summed E-state index contributed by atoms with van der Waals surface area (Å²) >= 11 is 5.98. The normalized spacial score (nSPS) is 17.8. The second-order valence-corrected chi connectivity index (χ2v) is 7.93. The van der Waals surface area contributed by atoms with Gasteiger partial charge in [0.2, 0.25) is 0 Å². The number of methoxy groups -OCH3 is 1. The van der Waals surface area contributed by atoms with Gasteiger partial charge in [-0.2, -0.15) is 13.2 Å². The number of benzene rings is 3. The minimum Gasteiger partial charge on any atom is -0.507 e. The van der Waals surface area contributed by atoms with E-state index in [0.29, 0.717) is 16.3 Å². The van der Waals surface area contributed by atoms with Crippen LogP contribution in [-0.4, -0.2) is 23.9 Å². The Hall–Kier alpha value is -3.78. The minimum absolute atomic E-state index is 0.134. The Balaban J connectivity index is 1.92. The van der Waals surface area contributed by atoms with E-state index in [-0.39, 0.29) is 16.8 Å². The van der Waals surface area contributed by atoms with E-state index in [0.717, 1.165) is 23.1 Å². The van der Waals surface area contributed by atoms with E-state index in [2.05, 4.69) is 0 Å². The zero-order valence-electron chi connectivity index (χ0n) is 17.6. The van der Waals surface area contributed by atoms with Gasteiger partial charge in [0.25, 0.3) is 11.7 Å². The van der Waals surface area contributed by atoms with Gasteiger partial charge in [0.1, 0.15) is 11.5 Å². The minimum atomic E-state index is -4.65. The number of alkyl halides is 3. The smallest absolute Gasteiger partial charge is 0.416 e. The molecule has 5 nitrogen and oxygen atoms in total. The highest BCUT2D eigenvalue weighted by molar-refractivity contribution is 6.51. The molecule has 1 N–H and O–H groups in total. The summed E-state index contributed by atoms with van der Waals surface area (Å²) < 4.78 is 45.1. The highest BCUT2D eigenvalue weighted by Gasteiger charge is 2.47. The van der Waals surface area contributed by atoms with Crippen LogP contribution < -0.4 is 9.64 Å². The number of ketones is 1. The van der Waals surface area contributed by atoms with Crippen LogP contribution in [0.15, 0.2) is 78.4 Å². The van der Waals surface area contributed by atoms with Gasteiger partial charge in [-0.15, -0.1) is 0 Å². The van der Waals surface area contributed by atoms with Gasteiger partial charge < -0.3 is 9.84 Å². The first-order valence-corrected chi connectivity index (χ1v) is 10.4. The Kier molecular flexibility index (Phi) is 6.10. The van der Waals surface area contributed by atoms with E-state index in [1.165, 1.54) is 37.4 Å². The molecule has 0 saturated carbocycles. The summed E-state index contributed by atoms with van der Waals surface area (Å²) in [7, 11) is 1.47. The number of aliphatic hydroxyl groups excluding tert-OH is 1. The van der Waals surface area contributed by atoms with Crippen molar-refractivity contribution in [1.82, 2.24) is 0 Å². The fourth-order valence-corrected chi connectivity index (χ4v) is 3.92. The second-order valence-electron chi connectivity index (χ2n) is 7.50. The SMILES string of the molecule is COc1ccc(C(O)=C2C(=O)C(=O)N(c3cccc(C(F)(F)F)c3)C2c2ccc(Cl)cc2)cc1. The third-order valence-electron chi connectivity index (χ3n) is 5.45. The van der Waals surface area contributed by atoms with E-state index in [1.54, 1.807) is 24.3 Å². The molecule has 4 rings (SSSR count). The number of nitrogens with zero attached hydrogens (tertiary/aromatic N) is 1. The van der Waals surface area contributed by atoms with Crippen molar-refractivity contribution in [2.75, 3.05) is 12.0 Å². The summed E-state index contributed by atoms with van der Waals surface area (Å²) in [6.45, 7) is 0. The predicted octanol–water partition coefficient (Wildman–Crippen LogP) is 5.99. The molecule has 1 heterocycles. The van der Waals surface area contributed by atoms with Crippen LogP contribution in [0.1, 0.15) is 22.7 Å². The lowest BCUT2D eigenvalue weighted by Crippen LogP contribution is -2.29. The number of rotatable bonds is 4. The number of halogens is 4. The summed E-state index contributed by atoms with van der Waals surface area (Å²) in [4.78, 5) is 27.1. The topological polar surface area (TPSA) is 66.8 Å². The van der Waals surface area contributed by atoms with Crippen LogP contribution in [0.5, 0.6) is 5.75 Å². The number of aliphatic hydroxyl groups is 1. The van der Waals surface area contributed by atoms with E-state index >= 15 is 0 Å². The van der Waals surface area contributed by atoms with Crippen molar-refractivity contribution in [2.24, 2.45) is 0 Å². The number of Topliss-reactive ketones (excluding diaryl/α,β-unsaturated/α-hetero) is 1. The monoisotopic (exact) mass is 487 g/mol. The number of carbonyl (C=O) groups is 2. The zero-order valence-corrected chi connectivity index (χ0v) is 18.4. The molecule has 0 bridgehead atoms. The van der Waals surface area contributed by atoms with Gasteiger partial charge in [0, 0.05) is 16.3 Å². The third kappa shape index (κ3) is 4.24. The largest absolute Gasteiger partial charge is 0.507 e. The highest BCUT2D eigenvalue weighted by Crippen LogP contribution is 2.43. The number of hydrogen-bond donors (Lipinski definition) is 1. The number of amides is 1. The first-order chi connectivity index (χ1) is 16.1. The molecule has 174 valence electrons. The predicted molar refractivity (Wildman–Crippen MR) is 121 cm³/mol. The molecular weight excluding hydrogens is 471 g/mol. The van der Waals surface area contributed by atoms with Gasteiger partial charge in [-0.25, -0.2) is 0 Å². The van der Waals surface area contributed by atoms with Gasteiger partial charge in [0.15, 0.2) is 0 Å². The number of ether oxygens (including phenoxy) is 1. The van der Waals surface area contributed by atoms with Crippen LogP contribution in [0.25, 0.3) is 5.76 Å². The lowest BCUT2D eigenvalue weighted by molar-refractivity contribution is -0.137. The lowest BCUT2D eigenvalue weighted by Gasteiger charge is -2.26. The molecule has 34 heavy (non-hydrogen) atoms. The Morgan fingerprint density at radius 1 is 1.00 bits per heavy atom. The first kappa shape index (κ1) is 23.4. The summed E-state index contributed by atoms with van der Waals surface area (Å²) in [6.07, 6.45) is -4.65. The van der Waals surface area contributed by atoms with Crippen molar-refractivity contribution >= 4 is 34.7 Å². The maximum atomic E-state index is 13.3. The molecule has 1 saturated heterocycles. The number of carbonyl (C=O) groups excluding carboxylic acids is 2. The molecule has 1 fully saturated rings. The molecule has 0 aromatic heterocycles. The summed E-state index contributed by atoms with van der Waals surface area (Å²) in [5, 5.41) is 11.4. The fourth-order valence-electron chi connectivity index (χ4n) is 3.80. The molecule has 1 aliphatic heterocycles. The molecule has 3 aromatic carbocycles. The standard InChI is InChI=1S/C25H17ClF3NO4/c1-34-19-11-7-15(8-12-19)22(31)20-21(14-5-9-17(26)10-6-14)30(24(33)23(20)32)18-4-2-3-16(13-18)25(27,28)29/h2-13,21,31H,1H3. The molecule has 9 heteroatoms. The van der Waals surface area contributed by atoms with E-state index in [1.807, 2.05) is 0 Å². The highest BCUT2D eigenvalue weighted by atomic mass is 35.5. The van der Waals surface area contributed by atoms with Gasteiger partial charge in [-0.05, 0) is 60.2 Å². The van der Waals surface area contributed by atoms with Crippen molar-refractivity contribution in [3.8, 4) is 5.75 Å². The maximum Gasteiger partial charge on any atom is 0.416 e. The summed E-state index contributed by atoms with van der Waals surface area (Å²) in [5.74, 6) is -2.04. The average molecular weight is 488 g/mol. The van der Waals surface area contributed by atoms with E-state index in [4.69, 9.17) is 16.3 Å². The van der Waals surface area contributed by atoms with Crippen molar-refractivity contribution < 1.29 is 32.6 Å². The van der Waals surface area contributed by atoms with Crippen molar-refractivity contribution in [1.29, 1.82) is 0 Å². The van der Waals surface area contributed by atoms with Crippen LogP contribution in [0.4, 0.5) is 18.9 Å². The number of hydrogen-bond acceptors (Lipinski definition) is 4.